The van der Waals surface area contributed by atoms with Crippen LogP contribution in [0.15, 0.2) is 12.1 Å². The largest absolute Gasteiger partial charge is 0.496 e. The second-order valence-corrected chi connectivity index (χ2v) is 4.79. The summed E-state index contributed by atoms with van der Waals surface area (Å²) < 4.78 is 5.45. The Morgan fingerprint density at radius 3 is 2.65 bits per heavy atom. The molecule has 0 fully saturated rings. The molecule has 0 heterocycles. The Kier molecular flexibility index (Phi) is 5.79. The quantitative estimate of drug-likeness (QED) is 0.837. The number of ether oxygens (including phenoxy) is 1. The maximum Gasteiger partial charge on any atom is 0.122 e. The minimum atomic E-state index is 0.478. The van der Waals surface area contributed by atoms with Gasteiger partial charge in [0, 0.05) is 5.02 Å². The molecule has 0 amide bonds. The lowest BCUT2D eigenvalue weighted by molar-refractivity contribution is 0.401. The van der Waals surface area contributed by atoms with Crippen LogP contribution in [-0.2, 0) is 0 Å². The van der Waals surface area contributed by atoms with Gasteiger partial charge < -0.3 is 10.5 Å². The predicted octanol–water partition coefficient (Wildman–Crippen LogP) is 3.89. The van der Waals surface area contributed by atoms with E-state index in [1.165, 1.54) is 5.56 Å². The zero-order chi connectivity index (χ0) is 12.8. The SMILES string of the molecule is CCC(CCCN)c1cc(Cl)c(C)cc1OC. The van der Waals surface area contributed by atoms with Crippen molar-refractivity contribution in [3.63, 3.8) is 0 Å². The van der Waals surface area contributed by atoms with Crippen LogP contribution in [0.5, 0.6) is 5.75 Å². The summed E-state index contributed by atoms with van der Waals surface area (Å²) in [6, 6.07) is 4.06. The third-order valence-corrected chi connectivity index (χ3v) is 3.61. The molecule has 0 aliphatic carbocycles. The lowest BCUT2D eigenvalue weighted by Gasteiger charge is -2.19. The summed E-state index contributed by atoms with van der Waals surface area (Å²) in [6.07, 6.45) is 3.20. The van der Waals surface area contributed by atoms with Crippen LogP contribution in [0, 0.1) is 6.92 Å². The van der Waals surface area contributed by atoms with Gasteiger partial charge in [0.25, 0.3) is 0 Å². The minimum absolute atomic E-state index is 0.478. The molecule has 1 atom stereocenters. The summed E-state index contributed by atoms with van der Waals surface area (Å²) in [6.45, 7) is 4.92. The highest BCUT2D eigenvalue weighted by Gasteiger charge is 2.15. The van der Waals surface area contributed by atoms with Gasteiger partial charge in [-0.3, -0.25) is 0 Å². The van der Waals surface area contributed by atoms with E-state index in [2.05, 4.69) is 6.92 Å². The zero-order valence-corrected chi connectivity index (χ0v) is 11.7. The third kappa shape index (κ3) is 3.62. The molecule has 1 aromatic carbocycles. The summed E-state index contributed by atoms with van der Waals surface area (Å²) in [5.74, 6) is 1.42. The Bertz CT molecular complexity index is 365. The van der Waals surface area contributed by atoms with Crippen molar-refractivity contribution in [2.75, 3.05) is 13.7 Å². The first kappa shape index (κ1) is 14.3. The van der Waals surface area contributed by atoms with Gasteiger partial charge in [-0.15, -0.1) is 0 Å². The van der Waals surface area contributed by atoms with E-state index in [1.54, 1.807) is 7.11 Å². The molecule has 17 heavy (non-hydrogen) atoms. The molecule has 0 aliphatic heterocycles. The van der Waals surface area contributed by atoms with E-state index in [0.717, 1.165) is 42.1 Å². The number of rotatable bonds is 6. The third-order valence-electron chi connectivity index (χ3n) is 3.20. The lowest BCUT2D eigenvalue weighted by Crippen LogP contribution is -2.05. The number of benzene rings is 1. The molecular weight excluding hydrogens is 234 g/mol. The molecule has 0 aromatic heterocycles. The Labute approximate surface area is 109 Å². The van der Waals surface area contributed by atoms with E-state index in [-0.39, 0.29) is 0 Å². The molecule has 1 unspecified atom stereocenters. The number of aryl methyl sites for hydroxylation is 1. The second-order valence-electron chi connectivity index (χ2n) is 4.38. The van der Waals surface area contributed by atoms with E-state index in [1.807, 2.05) is 19.1 Å². The fraction of sp³-hybridized carbons (Fsp3) is 0.571. The number of nitrogens with two attached hydrogens (primary N) is 1. The molecule has 0 bridgehead atoms. The Morgan fingerprint density at radius 1 is 1.41 bits per heavy atom. The topological polar surface area (TPSA) is 35.2 Å². The van der Waals surface area contributed by atoms with Gasteiger partial charge in [0.1, 0.15) is 5.75 Å². The molecule has 0 aliphatic rings. The highest BCUT2D eigenvalue weighted by molar-refractivity contribution is 6.31. The smallest absolute Gasteiger partial charge is 0.122 e. The van der Waals surface area contributed by atoms with Crippen molar-refractivity contribution in [1.29, 1.82) is 0 Å². The van der Waals surface area contributed by atoms with Crippen molar-refractivity contribution in [2.24, 2.45) is 5.73 Å². The van der Waals surface area contributed by atoms with Gasteiger partial charge in [0.2, 0.25) is 0 Å². The molecule has 96 valence electrons. The molecular formula is C14H22ClNO. The van der Waals surface area contributed by atoms with Crippen LogP contribution in [0.3, 0.4) is 0 Å². The van der Waals surface area contributed by atoms with Crippen molar-refractivity contribution in [2.45, 2.75) is 39.0 Å². The standard InChI is InChI=1S/C14H22ClNO/c1-4-11(6-5-7-16)12-9-13(15)10(2)8-14(12)17-3/h8-9,11H,4-7,16H2,1-3H3. The van der Waals surface area contributed by atoms with Crippen LogP contribution in [-0.4, -0.2) is 13.7 Å². The van der Waals surface area contributed by atoms with Gasteiger partial charge in [-0.25, -0.2) is 0 Å². The van der Waals surface area contributed by atoms with Gasteiger partial charge in [-0.2, -0.15) is 0 Å². The molecule has 1 rings (SSSR count). The summed E-state index contributed by atoms with van der Waals surface area (Å²) in [5, 5.41) is 0.812. The van der Waals surface area contributed by atoms with Crippen LogP contribution >= 0.6 is 11.6 Å². The van der Waals surface area contributed by atoms with Crippen molar-refractivity contribution < 1.29 is 4.74 Å². The first-order chi connectivity index (χ1) is 8.13. The van der Waals surface area contributed by atoms with Crippen molar-refractivity contribution >= 4 is 11.6 Å². The number of methoxy groups -OCH3 is 1. The van der Waals surface area contributed by atoms with Crippen molar-refractivity contribution in [3.8, 4) is 5.75 Å². The average Bonchev–Trinajstić information content (AvgIpc) is 2.34. The van der Waals surface area contributed by atoms with E-state index in [9.17, 15) is 0 Å². The molecule has 0 radical (unpaired) electrons. The second kappa shape index (κ2) is 6.87. The highest BCUT2D eigenvalue weighted by Crippen LogP contribution is 2.35. The number of hydrogen-bond donors (Lipinski definition) is 1. The molecule has 2 nitrogen and oxygen atoms in total. The fourth-order valence-electron chi connectivity index (χ4n) is 2.11. The van der Waals surface area contributed by atoms with Crippen LogP contribution in [0.25, 0.3) is 0 Å². The zero-order valence-electron chi connectivity index (χ0n) is 10.9. The maximum absolute atomic E-state index is 6.20. The maximum atomic E-state index is 6.20. The van der Waals surface area contributed by atoms with E-state index in [0.29, 0.717) is 5.92 Å². The minimum Gasteiger partial charge on any atom is -0.496 e. The Balaban J connectivity index is 3.04. The van der Waals surface area contributed by atoms with Gasteiger partial charge in [-0.1, -0.05) is 18.5 Å². The predicted molar refractivity (Wildman–Crippen MR) is 74.1 cm³/mol. The molecule has 0 saturated carbocycles. The molecule has 0 spiro atoms. The molecule has 0 saturated heterocycles. The highest BCUT2D eigenvalue weighted by atomic mass is 35.5. The van der Waals surface area contributed by atoms with Crippen LogP contribution < -0.4 is 10.5 Å². The average molecular weight is 256 g/mol. The summed E-state index contributed by atoms with van der Waals surface area (Å²) in [7, 11) is 1.71. The van der Waals surface area contributed by atoms with Crippen molar-refractivity contribution in [3.05, 3.63) is 28.3 Å². The lowest BCUT2D eigenvalue weighted by atomic mass is 9.90. The van der Waals surface area contributed by atoms with Gasteiger partial charge in [-0.05, 0) is 61.9 Å². The fourth-order valence-corrected chi connectivity index (χ4v) is 2.28. The summed E-state index contributed by atoms with van der Waals surface area (Å²) in [4.78, 5) is 0. The molecule has 2 N–H and O–H groups in total. The Hall–Kier alpha value is -0.730. The molecule has 3 heteroatoms. The first-order valence-corrected chi connectivity index (χ1v) is 6.55. The Morgan fingerprint density at radius 2 is 2.12 bits per heavy atom. The van der Waals surface area contributed by atoms with Gasteiger partial charge >= 0.3 is 0 Å². The van der Waals surface area contributed by atoms with E-state index in [4.69, 9.17) is 22.1 Å². The summed E-state index contributed by atoms with van der Waals surface area (Å²) in [5.41, 5.74) is 7.84. The van der Waals surface area contributed by atoms with Crippen LogP contribution in [0.2, 0.25) is 5.02 Å². The van der Waals surface area contributed by atoms with Crippen LogP contribution in [0.1, 0.15) is 43.2 Å². The van der Waals surface area contributed by atoms with Crippen LogP contribution in [0.4, 0.5) is 0 Å². The summed E-state index contributed by atoms with van der Waals surface area (Å²) >= 11 is 6.20. The van der Waals surface area contributed by atoms with Crippen molar-refractivity contribution in [1.82, 2.24) is 0 Å². The van der Waals surface area contributed by atoms with E-state index < -0.39 is 0 Å². The normalized spacial score (nSPS) is 12.5. The molecule has 1 aromatic rings. The monoisotopic (exact) mass is 255 g/mol. The van der Waals surface area contributed by atoms with Gasteiger partial charge in [0.15, 0.2) is 0 Å². The van der Waals surface area contributed by atoms with E-state index >= 15 is 0 Å². The number of halogens is 1. The number of hydrogen-bond acceptors (Lipinski definition) is 2. The van der Waals surface area contributed by atoms with Gasteiger partial charge in [0.05, 0.1) is 7.11 Å². The first-order valence-electron chi connectivity index (χ1n) is 6.18.